The number of ether oxygens (including phenoxy) is 1. The van der Waals surface area contributed by atoms with Crippen LogP contribution in [0.25, 0.3) is 0 Å². The number of pyridine rings is 1. The van der Waals surface area contributed by atoms with Crippen molar-refractivity contribution in [2.24, 2.45) is 10.8 Å². The number of imide groups is 1. The van der Waals surface area contributed by atoms with Crippen LogP contribution in [0.1, 0.15) is 86.1 Å². The molecular weight excluding hydrogens is 796 g/mol. The number of sulfonamides is 1. The molecule has 0 radical (unpaired) electrons. The maximum atomic E-state index is 13.5. The molecule has 1 aliphatic carbocycles. The van der Waals surface area contributed by atoms with E-state index in [1.807, 2.05) is 12.1 Å². The topological polar surface area (TPSA) is 194 Å². The monoisotopic (exact) mass is 844 g/mol. The van der Waals surface area contributed by atoms with Crippen LogP contribution in [0.15, 0.2) is 59.6 Å². The normalized spacial score (nSPS) is 23.1. The summed E-state index contributed by atoms with van der Waals surface area (Å²) >= 11 is 6.23. The Bertz CT molecular complexity index is 2290. The Morgan fingerprint density at radius 1 is 1.02 bits per heavy atom. The lowest BCUT2D eigenvalue weighted by Crippen LogP contribution is -2.74. The van der Waals surface area contributed by atoms with Crippen molar-refractivity contribution >= 4 is 56.8 Å². The minimum Gasteiger partial charge on any atom is -0.489 e. The smallest absolute Gasteiger partial charge is 0.270 e. The SMILES string of the molecule is CC1(C)[C@H](NC(=O)c2ccc(N3CCN(CCCCCNc4cccc5c4S(=O)(=O)N(C4CCC(=O)NC4=O)C5=O)CC3)nc2)C(C)(C)[C@H]1Oc1ccc(C#N)c(Cl)c1. The molecule has 3 aromatic rings. The van der Waals surface area contributed by atoms with Crippen LogP contribution in [0.4, 0.5) is 11.5 Å². The number of carbonyl (C=O) groups is 4. The molecule has 3 aliphatic heterocycles. The first-order valence-electron chi connectivity index (χ1n) is 19.9. The number of anilines is 2. The summed E-state index contributed by atoms with van der Waals surface area (Å²) in [5.41, 5.74) is 0.439. The Kier molecular flexibility index (Phi) is 11.7. The van der Waals surface area contributed by atoms with Gasteiger partial charge >= 0.3 is 0 Å². The van der Waals surface area contributed by atoms with E-state index in [0.29, 0.717) is 38.4 Å². The summed E-state index contributed by atoms with van der Waals surface area (Å²) in [5.74, 6) is -0.837. The first-order valence-corrected chi connectivity index (χ1v) is 21.8. The second kappa shape index (κ2) is 16.4. The number of unbranched alkanes of at least 4 members (excludes halogenated alkanes) is 2. The second-order valence-corrected chi connectivity index (χ2v) is 18.9. The zero-order valence-corrected chi connectivity index (χ0v) is 35.2. The van der Waals surface area contributed by atoms with Gasteiger partial charge in [0.1, 0.15) is 34.7 Å². The number of piperazine rings is 1. The third-order valence-corrected chi connectivity index (χ3v) is 14.3. The van der Waals surface area contributed by atoms with Crippen LogP contribution in [-0.4, -0.2) is 104 Å². The van der Waals surface area contributed by atoms with Crippen molar-refractivity contribution in [1.29, 1.82) is 5.26 Å². The van der Waals surface area contributed by atoms with E-state index >= 15 is 0 Å². The molecule has 15 nitrogen and oxygen atoms in total. The number of fused-ring (bicyclic) bond motifs is 1. The van der Waals surface area contributed by atoms with E-state index in [-0.39, 0.29) is 52.2 Å². The highest BCUT2D eigenvalue weighted by Gasteiger charge is 2.64. The highest BCUT2D eigenvalue weighted by molar-refractivity contribution is 7.90. The number of amides is 4. The molecule has 59 heavy (non-hydrogen) atoms. The molecule has 1 atom stereocenters. The molecule has 0 bridgehead atoms. The Hall–Kier alpha value is -5.24. The predicted octanol–water partition coefficient (Wildman–Crippen LogP) is 4.57. The molecule has 2 aromatic carbocycles. The molecule has 312 valence electrons. The lowest BCUT2D eigenvalue weighted by atomic mass is 9.49. The summed E-state index contributed by atoms with van der Waals surface area (Å²) in [6, 6.07) is 14.1. The van der Waals surface area contributed by atoms with Crippen molar-refractivity contribution in [3.63, 3.8) is 0 Å². The van der Waals surface area contributed by atoms with Gasteiger partial charge in [0.2, 0.25) is 5.91 Å². The molecule has 4 amide bonds. The lowest BCUT2D eigenvalue weighted by molar-refractivity contribution is -0.164. The largest absolute Gasteiger partial charge is 0.489 e. The van der Waals surface area contributed by atoms with E-state index < -0.39 is 33.8 Å². The number of rotatable bonds is 13. The number of carbonyl (C=O) groups excluding carboxylic acids is 4. The second-order valence-electron chi connectivity index (χ2n) is 16.8. The molecule has 17 heteroatoms. The number of aromatic nitrogens is 1. The molecule has 2 saturated heterocycles. The summed E-state index contributed by atoms with van der Waals surface area (Å²) in [6.07, 6.45) is 3.99. The van der Waals surface area contributed by atoms with Gasteiger partial charge in [0, 0.05) is 68.3 Å². The molecular formula is C42H49ClN8O7S. The minimum atomic E-state index is -4.29. The van der Waals surface area contributed by atoms with Crippen molar-refractivity contribution < 1.29 is 32.3 Å². The van der Waals surface area contributed by atoms with Gasteiger partial charge in [0.15, 0.2) is 0 Å². The van der Waals surface area contributed by atoms with Crippen molar-refractivity contribution in [1.82, 2.24) is 24.8 Å². The Balaban J connectivity index is 0.831. The molecule has 1 saturated carbocycles. The number of nitriles is 1. The Labute approximate surface area is 349 Å². The summed E-state index contributed by atoms with van der Waals surface area (Å²) in [4.78, 5) is 59.8. The maximum Gasteiger partial charge on any atom is 0.270 e. The van der Waals surface area contributed by atoms with Crippen LogP contribution >= 0.6 is 11.6 Å². The number of hydrogen-bond donors (Lipinski definition) is 3. The van der Waals surface area contributed by atoms with Crippen LogP contribution in [0.3, 0.4) is 0 Å². The number of nitrogens with zero attached hydrogens (tertiary/aromatic N) is 5. The van der Waals surface area contributed by atoms with Crippen molar-refractivity contribution in [3.8, 4) is 11.8 Å². The summed E-state index contributed by atoms with van der Waals surface area (Å²) in [6.45, 7) is 13.0. The average molecular weight is 845 g/mol. The van der Waals surface area contributed by atoms with Crippen LogP contribution in [0.5, 0.6) is 5.75 Å². The van der Waals surface area contributed by atoms with Gasteiger partial charge in [-0.15, -0.1) is 0 Å². The number of hydrogen-bond acceptors (Lipinski definition) is 12. The van der Waals surface area contributed by atoms with Crippen LogP contribution < -0.4 is 25.6 Å². The fourth-order valence-corrected chi connectivity index (χ4v) is 11.4. The van der Waals surface area contributed by atoms with Crippen molar-refractivity contribution in [2.75, 3.05) is 49.5 Å². The third kappa shape index (κ3) is 8.07. The van der Waals surface area contributed by atoms with Gasteiger partial charge in [0.25, 0.3) is 27.7 Å². The van der Waals surface area contributed by atoms with E-state index in [0.717, 1.165) is 57.8 Å². The van der Waals surface area contributed by atoms with E-state index in [4.69, 9.17) is 16.3 Å². The molecule has 3 N–H and O–H groups in total. The lowest BCUT2D eigenvalue weighted by Gasteiger charge is -2.63. The van der Waals surface area contributed by atoms with Gasteiger partial charge in [-0.25, -0.2) is 17.7 Å². The quantitative estimate of drug-likeness (QED) is 0.161. The molecule has 4 aliphatic rings. The predicted molar refractivity (Wildman–Crippen MR) is 221 cm³/mol. The molecule has 4 heterocycles. The van der Waals surface area contributed by atoms with Gasteiger partial charge in [-0.2, -0.15) is 5.26 Å². The fourth-order valence-electron chi connectivity index (χ4n) is 9.24. The minimum absolute atomic E-state index is 0.0160. The Morgan fingerprint density at radius 3 is 2.42 bits per heavy atom. The zero-order valence-electron chi connectivity index (χ0n) is 33.6. The molecule has 3 fully saturated rings. The van der Waals surface area contributed by atoms with Gasteiger partial charge in [-0.05, 0) is 62.2 Å². The standard InChI is InChI=1S/C42H49ClN8O7S/c1-41(2)39(42(3,4)40(41)58-28-13-11-26(24-44)30(43)23-28)48-36(53)27-12-15-33(46-25-27)50-21-19-49(20-22-50)18-7-5-6-17-45-31-10-8-9-29-35(31)59(56,57)51(38(29)55)32-14-16-34(52)47-37(32)54/h8-13,15,23,25,32,39-40,45H,5-7,14,16-22H2,1-4H3,(H,48,53)(H,47,52,54)/t32?,39-,40-. The summed E-state index contributed by atoms with van der Waals surface area (Å²) in [7, 11) is -4.29. The third-order valence-electron chi connectivity index (χ3n) is 12.1. The molecule has 1 aromatic heterocycles. The number of benzene rings is 2. The Morgan fingerprint density at radius 2 is 1.76 bits per heavy atom. The van der Waals surface area contributed by atoms with E-state index in [9.17, 15) is 32.9 Å². The fraction of sp³-hybridized carbons (Fsp3) is 0.476. The number of nitrogens with one attached hydrogen (secondary N) is 3. The first kappa shape index (κ1) is 41.9. The average Bonchev–Trinajstić information content (AvgIpc) is 3.41. The molecule has 0 spiro atoms. The van der Waals surface area contributed by atoms with E-state index in [1.165, 1.54) is 6.07 Å². The van der Waals surface area contributed by atoms with Gasteiger partial charge < -0.3 is 20.3 Å². The van der Waals surface area contributed by atoms with Gasteiger partial charge in [-0.1, -0.05) is 51.8 Å². The van der Waals surface area contributed by atoms with Crippen molar-refractivity contribution in [3.05, 3.63) is 76.4 Å². The highest BCUT2D eigenvalue weighted by Crippen LogP contribution is 2.55. The van der Waals surface area contributed by atoms with E-state index in [1.54, 1.807) is 36.5 Å². The van der Waals surface area contributed by atoms with Gasteiger partial charge in [0.05, 0.1) is 27.4 Å². The van der Waals surface area contributed by atoms with Gasteiger partial charge in [-0.3, -0.25) is 29.4 Å². The zero-order chi connectivity index (χ0) is 42.3. The van der Waals surface area contributed by atoms with Crippen LogP contribution in [-0.2, 0) is 19.6 Å². The molecule has 7 rings (SSSR count). The number of halogens is 1. The summed E-state index contributed by atoms with van der Waals surface area (Å²) < 4.78 is 34.0. The number of piperidine rings is 1. The molecule has 1 unspecified atom stereocenters. The van der Waals surface area contributed by atoms with E-state index in [2.05, 4.69) is 64.5 Å². The summed E-state index contributed by atoms with van der Waals surface area (Å²) in [5, 5.41) is 18.1. The first-order chi connectivity index (χ1) is 28.0. The van der Waals surface area contributed by atoms with Crippen LogP contribution in [0, 0.1) is 22.2 Å². The maximum absolute atomic E-state index is 13.5. The highest BCUT2D eigenvalue weighted by atomic mass is 35.5. The van der Waals surface area contributed by atoms with Crippen LogP contribution in [0.2, 0.25) is 5.02 Å². The van der Waals surface area contributed by atoms with Crippen molar-refractivity contribution in [2.45, 2.75) is 82.9 Å².